The lowest BCUT2D eigenvalue weighted by atomic mass is 9.76. The minimum Gasteiger partial charge on any atom is -0.406 e. The van der Waals surface area contributed by atoms with E-state index in [9.17, 15) is 22.0 Å². The van der Waals surface area contributed by atoms with E-state index in [-0.39, 0.29) is 17.0 Å². The van der Waals surface area contributed by atoms with Crippen LogP contribution in [0.4, 0.5) is 22.0 Å². The summed E-state index contributed by atoms with van der Waals surface area (Å²) in [6.07, 6.45) is 6.16. The summed E-state index contributed by atoms with van der Waals surface area (Å²) in [7, 11) is -0.418. The fourth-order valence-electron chi connectivity index (χ4n) is 6.40. The lowest BCUT2D eigenvalue weighted by Gasteiger charge is -2.32. The van der Waals surface area contributed by atoms with E-state index in [1.807, 2.05) is 0 Å². The fourth-order valence-corrected chi connectivity index (χ4v) is 9.97. The molecule has 1 saturated carbocycles. The normalized spacial score (nSPS) is 25.1. The third kappa shape index (κ3) is 7.33. The van der Waals surface area contributed by atoms with Crippen LogP contribution < -0.4 is 4.74 Å². The lowest BCUT2D eigenvalue weighted by molar-refractivity contribution is -0.274. The Morgan fingerprint density at radius 3 is 1.92 bits per heavy atom. The molecular weight excluding hydrogens is 487 g/mol. The molecule has 2 aliphatic rings. The first-order valence-corrected chi connectivity index (χ1v) is 16.0. The maximum absolute atomic E-state index is 15.0. The minimum absolute atomic E-state index is 0.150. The van der Waals surface area contributed by atoms with Gasteiger partial charge in [0.05, 0.1) is 5.56 Å². The molecule has 1 aliphatic carbocycles. The van der Waals surface area contributed by atoms with Gasteiger partial charge >= 0.3 is 6.36 Å². The molecule has 0 amide bonds. The summed E-state index contributed by atoms with van der Waals surface area (Å²) in [6, 6.07) is 12.0. The number of alkyl halides is 3. The Labute approximate surface area is 213 Å². The van der Waals surface area contributed by atoms with Crippen LogP contribution in [0.2, 0.25) is 18.1 Å². The van der Waals surface area contributed by atoms with E-state index in [0.29, 0.717) is 5.56 Å². The van der Waals surface area contributed by atoms with Crippen molar-refractivity contribution in [2.45, 2.75) is 95.1 Å². The first-order valence-electron chi connectivity index (χ1n) is 13.6. The Bertz CT molecular complexity index is 951. The fraction of sp³-hybridized carbons (Fsp3) is 0.586. The van der Waals surface area contributed by atoms with Crippen molar-refractivity contribution < 1.29 is 26.7 Å². The summed E-state index contributed by atoms with van der Waals surface area (Å²) < 4.78 is 70.8. The largest absolute Gasteiger partial charge is 0.573 e. The van der Waals surface area contributed by atoms with Crippen molar-refractivity contribution >= 4 is 8.80 Å². The van der Waals surface area contributed by atoms with Crippen molar-refractivity contribution in [1.82, 2.24) is 0 Å². The minimum atomic E-state index is -4.81. The Balaban J connectivity index is 1.30. The van der Waals surface area contributed by atoms with Crippen molar-refractivity contribution in [2.24, 2.45) is 11.8 Å². The van der Waals surface area contributed by atoms with Gasteiger partial charge in [-0.25, -0.2) is 8.78 Å². The van der Waals surface area contributed by atoms with E-state index < -0.39 is 32.5 Å². The van der Waals surface area contributed by atoms with Crippen molar-refractivity contribution in [3.05, 3.63) is 53.6 Å². The van der Waals surface area contributed by atoms with Gasteiger partial charge in [-0.15, -0.1) is 13.2 Å². The zero-order valence-corrected chi connectivity index (χ0v) is 22.2. The van der Waals surface area contributed by atoms with E-state index in [1.54, 1.807) is 0 Å². The van der Waals surface area contributed by atoms with Crippen LogP contribution >= 0.6 is 0 Å². The molecule has 4 rings (SSSR count). The second kappa shape index (κ2) is 12.1. The van der Waals surface area contributed by atoms with Gasteiger partial charge < -0.3 is 4.74 Å². The molecule has 2 fully saturated rings. The van der Waals surface area contributed by atoms with Crippen LogP contribution in [0.1, 0.15) is 76.2 Å². The Hall–Kier alpha value is -1.89. The Kier molecular flexibility index (Phi) is 9.13. The smallest absolute Gasteiger partial charge is 0.406 e. The predicted molar refractivity (Wildman–Crippen MR) is 137 cm³/mol. The lowest BCUT2D eigenvalue weighted by Crippen LogP contribution is -2.22. The highest BCUT2D eigenvalue weighted by Crippen LogP contribution is 2.41. The summed E-state index contributed by atoms with van der Waals surface area (Å²) in [5.41, 5.74) is 0.646. The van der Waals surface area contributed by atoms with E-state index in [2.05, 4.69) is 11.7 Å². The van der Waals surface area contributed by atoms with Gasteiger partial charge in [0.2, 0.25) is 0 Å². The van der Waals surface area contributed by atoms with Gasteiger partial charge in [0.15, 0.2) is 0 Å². The molecule has 36 heavy (non-hydrogen) atoms. The second-order valence-electron chi connectivity index (χ2n) is 10.9. The predicted octanol–water partition coefficient (Wildman–Crippen LogP) is 9.63. The number of hydrogen-bond donors (Lipinski definition) is 0. The molecule has 1 saturated heterocycles. The molecule has 0 spiro atoms. The van der Waals surface area contributed by atoms with E-state index in [0.717, 1.165) is 49.7 Å². The Morgan fingerprint density at radius 2 is 1.39 bits per heavy atom. The summed E-state index contributed by atoms with van der Waals surface area (Å²) >= 11 is 0. The van der Waals surface area contributed by atoms with Crippen molar-refractivity contribution in [3.63, 3.8) is 0 Å². The van der Waals surface area contributed by atoms with Crippen molar-refractivity contribution in [1.29, 1.82) is 0 Å². The maximum Gasteiger partial charge on any atom is 0.573 e. The molecule has 1 heterocycles. The van der Waals surface area contributed by atoms with Crippen LogP contribution in [0, 0.1) is 23.5 Å². The highest BCUT2D eigenvalue weighted by molar-refractivity contribution is 6.58. The molecule has 0 N–H and O–H groups in total. The molecule has 1 nitrogen and oxygen atoms in total. The van der Waals surface area contributed by atoms with Crippen LogP contribution in [0.3, 0.4) is 0 Å². The van der Waals surface area contributed by atoms with E-state index >= 15 is 0 Å². The number of halogens is 5. The maximum atomic E-state index is 15.0. The van der Waals surface area contributed by atoms with Crippen molar-refractivity contribution in [2.75, 3.05) is 0 Å². The molecule has 0 unspecified atom stereocenters. The first kappa shape index (κ1) is 27.1. The number of rotatable bonds is 8. The molecular formula is C29H37F5OSi. The topological polar surface area (TPSA) is 9.23 Å². The average Bonchev–Trinajstić information content (AvgIpc) is 2.84. The van der Waals surface area contributed by atoms with Crippen LogP contribution in [-0.4, -0.2) is 15.2 Å². The molecule has 0 atom stereocenters. The van der Waals surface area contributed by atoms with Gasteiger partial charge in [-0.1, -0.05) is 69.3 Å². The summed E-state index contributed by atoms with van der Waals surface area (Å²) in [4.78, 5) is 0. The van der Waals surface area contributed by atoms with Crippen LogP contribution in [0.25, 0.3) is 11.1 Å². The van der Waals surface area contributed by atoms with Crippen LogP contribution in [-0.2, 0) is 0 Å². The number of ether oxygens (including phenoxy) is 1. The van der Waals surface area contributed by atoms with Gasteiger partial charge in [0.25, 0.3) is 0 Å². The SMILES string of the molecule is CCC[SiH]1CCC(CCC2CCC(c3cc(F)c(-c4ccc(OC(F)(F)F)cc4)c(F)c3)CC2)CC1. The zero-order valence-electron chi connectivity index (χ0n) is 21.1. The molecule has 0 aromatic heterocycles. The van der Waals surface area contributed by atoms with Crippen LogP contribution in [0.15, 0.2) is 36.4 Å². The molecule has 1 aliphatic heterocycles. The van der Waals surface area contributed by atoms with Gasteiger partial charge in [0.1, 0.15) is 17.4 Å². The third-order valence-corrected chi connectivity index (χ3v) is 12.1. The Morgan fingerprint density at radius 1 is 0.833 bits per heavy atom. The van der Waals surface area contributed by atoms with E-state index in [4.69, 9.17) is 0 Å². The summed E-state index contributed by atoms with van der Waals surface area (Å²) in [6.45, 7) is 2.31. The van der Waals surface area contributed by atoms with Crippen molar-refractivity contribution in [3.8, 4) is 16.9 Å². The van der Waals surface area contributed by atoms with Gasteiger partial charge in [-0.3, -0.25) is 0 Å². The standard InChI is InChI=1S/C29H37F5OSi/c1-2-15-36-16-13-21(14-17-36)4-3-20-5-7-22(8-6-20)24-18-26(30)28(27(31)19-24)23-9-11-25(12-10-23)35-29(32,33)34/h9-12,18-22,36H,2-8,13-17H2,1H3. The molecule has 198 valence electrons. The molecule has 0 bridgehead atoms. The second-order valence-corrected chi connectivity index (χ2v) is 14.4. The number of benzene rings is 2. The quantitative estimate of drug-likeness (QED) is 0.247. The van der Waals surface area contributed by atoms with Gasteiger partial charge in [-0.2, -0.15) is 0 Å². The summed E-state index contributed by atoms with van der Waals surface area (Å²) in [5.74, 6) is -0.00656. The average molecular weight is 525 g/mol. The molecule has 0 radical (unpaired) electrons. The molecule has 2 aromatic rings. The first-order chi connectivity index (χ1) is 17.2. The van der Waals surface area contributed by atoms with Gasteiger partial charge in [0, 0.05) is 8.80 Å². The van der Waals surface area contributed by atoms with E-state index in [1.165, 1.54) is 74.5 Å². The zero-order chi connectivity index (χ0) is 25.7. The van der Waals surface area contributed by atoms with Gasteiger partial charge in [-0.05, 0) is 78.8 Å². The van der Waals surface area contributed by atoms with Crippen LogP contribution in [0.5, 0.6) is 5.75 Å². The molecule has 2 aromatic carbocycles. The number of hydrogen-bond acceptors (Lipinski definition) is 1. The monoisotopic (exact) mass is 524 g/mol. The molecule has 7 heteroatoms. The third-order valence-electron chi connectivity index (χ3n) is 8.41. The summed E-state index contributed by atoms with van der Waals surface area (Å²) in [5, 5.41) is 0. The highest BCUT2D eigenvalue weighted by atomic mass is 28.3. The highest BCUT2D eigenvalue weighted by Gasteiger charge is 2.31.